The highest BCUT2D eigenvalue weighted by Gasteiger charge is 2.33. The van der Waals surface area contributed by atoms with E-state index < -0.39 is 11.9 Å². The molecule has 1 aromatic heterocycles. The van der Waals surface area contributed by atoms with Gasteiger partial charge in [-0.3, -0.25) is 0 Å². The highest BCUT2D eigenvalue weighted by molar-refractivity contribution is 6.35. The number of hydrogen-bond donors (Lipinski definition) is 0. The molecule has 0 radical (unpaired) electrons. The van der Waals surface area contributed by atoms with Crippen molar-refractivity contribution in [1.82, 2.24) is 9.97 Å². The van der Waals surface area contributed by atoms with Crippen LogP contribution in [0.5, 0.6) is 0 Å². The van der Waals surface area contributed by atoms with Crippen LogP contribution in [-0.4, -0.2) is 9.97 Å². The van der Waals surface area contributed by atoms with Crippen molar-refractivity contribution in [2.45, 2.75) is 6.18 Å². The Bertz CT molecular complexity index is 585. The number of nitrogens with zero attached hydrogens (tertiary/aromatic N) is 2. The number of benzene rings is 1. The smallest absolute Gasteiger partial charge is 0.236 e. The van der Waals surface area contributed by atoms with Crippen molar-refractivity contribution < 1.29 is 13.2 Å². The zero-order valence-electron chi connectivity index (χ0n) is 8.67. The molecule has 0 aliphatic heterocycles. The summed E-state index contributed by atoms with van der Waals surface area (Å²) in [6.45, 7) is 0. The summed E-state index contributed by atoms with van der Waals surface area (Å²) in [5.74, 6) is 0. The molecule has 2 nitrogen and oxygen atoms in total. The molecule has 0 fully saturated rings. The number of halogens is 5. The second-order valence-corrected chi connectivity index (χ2v) is 4.25. The van der Waals surface area contributed by atoms with Crippen molar-refractivity contribution in [2.24, 2.45) is 0 Å². The van der Waals surface area contributed by atoms with Gasteiger partial charge in [0.15, 0.2) is 0 Å². The van der Waals surface area contributed by atoms with E-state index in [1.165, 1.54) is 12.1 Å². The average Bonchev–Trinajstić information content (AvgIpc) is 2.31. The van der Waals surface area contributed by atoms with Gasteiger partial charge in [-0.25, -0.2) is 9.97 Å². The van der Waals surface area contributed by atoms with Gasteiger partial charge in [-0.1, -0.05) is 23.2 Å². The van der Waals surface area contributed by atoms with E-state index in [4.69, 9.17) is 23.2 Å². The van der Waals surface area contributed by atoms with E-state index in [1.807, 2.05) is 0 Å². The minimum Gasteiger partial charge on any atom is -0.236 e. The Kier molecular flexibility index (Phi) is 3.45. The Morgan fingerprint density at radius 2 is 1.72 bits per heavy atom. The number of alkyl halides is 3. The molecule has 2 aromatic rings. The summed E-state index contributed by atoms with van der Waals surface area (Å²) in [7, 11) is 0. The van der Waals surface area contributed by atoms with Gasteiger partial charge in [-0.2, -0.15) is 13.2 Å². The molecule has 7 heteroatoms. The first kappa shape index (κ1) is 13.1. The normalized spacial score (nSPS) is 11.6. The van der Waals surface area contributed by atoms with Crippen molar-refractivity contribution in [3.05, 3.63) is 46.3 Å². The second-order valence-electron chi connectivity index (χ2n) is 3.41. The maximum atomic E-state index is 12.5. The van der Waals surface area contributed by atoms with Gasteiger partial charge in [0, 0.05) is 10.6 Å². The minimum atomic E-state index is -4.53. The fourth-order valence-corrected chi connectivity index (χ4v) is 1.74. The van der Waals surface area contributed by atoms with Gasteiger partial charge in [-0.05, 0) is 24.3 Å². The lowest BCUT2D eigenvalue weighted by atomic mass is 10.1. The maximum absolute atomic E-state index is 12.5. The minimum absolute atomic E-state index is 0.0739. The van der Waals surface area contributed by atoms with Crippen molar-refractivity contribution in [3.8, 4) is 11.3 Å². The molecule has 0 saturated carbocycles. The molecule has 0 unspecified atom stereocenters. The largest absolute Gasteiger partial charge is 0.433 e. The first-order valence-corrected chi connectivity index (χ1v) is 5.48. The molecule has 0 atom stereocenters. The van der Waals surface area contributed by atoms with Crippen molar-refractivity contribution in [1.29, 1.82) is 0 Å². The fraction of sp³-hybridized carbons (Fsp3) is 0.0909. The Balaban J connectivity index is 2.55. The summed E-state index contributed by atoms with van der Waals surface area (Å²) in [6.07, 6.45) is -3.68. The zero-order chi connectivity index (χ0) is 13.3. The molecule has 94 valence electrons. The van der Waals surface area contributed by atoms with Crippen LogP contribution >= 0.6 is 23.2 Å². The van der Waals surface area contributed by atoms with E-state index in [-0.39, 0.29) is 10.7 Å². The van der Waals surface area contributed by atoms with E-state index in [2.05, 4.69) is 9.97 Å². The molecule has 0 N–H and O–H groups in total. The van der Waals surface area contributed by atoms with Crippen LogP contribution in [-0.2, 0) is 6.18 Å². The summed E-state index contributed by atoms with van der Waals surface area (Å²) >= 11 is 11.7. The lowest BCUT2D eigenvalue weighted by Crippen LogP contribution is -2.08. The predicted molar refractivity (Wildman–Crippen MR) is 62.5 cm³/mol. The molecule has 1 heterocycles. The summed E-state index contributed by atoms with van der Waals surface area (Å²) < 4.78 is 37.5. The quantitative estimate of drug-likeness (QED) is 0.775. The summed E-state index contributed by atoms with van der Waals surface area (Å²) in [5.41, 5.74) is -0.620. The molecule has 2 rings (SSSR count). The van der Waals surface area contributed by atoms with Gasteiger partial charge < -0.3 is 0 Å². The molecule has 0 aliphatic rings. The van der Waals surface area contributed by atoms with Crippen molar-refractivity contribution in [3.63, 3.8) is 0 Å². The third-order valence-corrected chi connectivity index (χ3v) is 2.73. The predicted octanol–water partition coefficient (Wildman–Crippen LogP) is 4.47. The molecule has 0 spiro atoms. The SMILES string of the molecule is FC(F)(F)c1cc(-c2cc(Cl)ccc2Cl)ncn1. The van der Waals surface area contributed by atoms with Crippen LogP contribution in [0.4, 0.5) is 13.2 Å². The fourth-order valence-electron chi connectivity index (χ4n) is 1.35. The maximum Gasteiger partial charge on any atom is 0.433 e. The average molecular weight is 293 g/mol. The van der Waals surface area contributed by atoms with Crippen LogP contribution in [0, 0.1) is 0 Å². The third kappa shape index (κ3) is 2.73. The van der Waals surface area contributed by atoms with E-state index in [0.717, 1.165) is 12.4 Å². The van der Waals surface area contributed by atoms with Gasteiger partial charge in [0.05, 0.1) is 10.7 Å². The van der Waals surface area contributed by atoms with Crippen LogP contribution in [0.15, 0.2) is 30.6 Å². The van der Waals surface area contributed by atoms with Crippen LogP contribution in [0.1, 0.15) is 5.69 Å². The molecule has 0 aliphatic carbocycles. The van der Waals surface area contributed by atoms with Gasteiger partial charge in [-0.15, -0.1) is 0 Å². The lowest BCUT2D eigenvalue weighted by molar-refractivity contribution is -0.141. The second kappa shape index (κ2) is 4.74. The number of aromatic nitrogens is 2. The molecule has 0 bridgehead atoms. The lowest BCUT2D eigenvalue weighted by Gasteiger charge is -2.08. The van der Waals surface area contributed by atoms with Crippen molar-refractivity contribution in [2.75, 3.05) is 0 Å². The molecule has 1 aromatic carbocycles. The van der Waals surface area contributed by atoms with Gasteiger partial charge in [0.25, 0.3) is 0 Å². The number of rotatable bonds is 1. The van der Waals surface area contributed by atoms with E-state index in [0.29, 0.717) is 10.6 Å². The topological polar surface area (TPSA) is 25.8 Å². The van der Waals surface area contributed by atoms with Gasteiger partial charge in [0.1, 0.15) is 12.0 Å². The Hall–Kier alpha value is -1.33. The summed E-state index contributed by atoms with van der Waals surface area (Å²) in [6, 6.07) is 5.32. The highest BCUT2D eigenvalue weighted by Crippen LogP contribution is 2.33. The Labute approximate surface area is 110 Å². The first-order valence-electron chi connectivity index (χ1n) is 4.72. The Morgan fingerprint density at radius 3 is 2.39 bits per heavy atom. The number of hydrogen-bond acceptors (Lipinski definition) is 2. The summed E-state index contributed by atoms with van der Waals surface area (Å²) in [5, 5.41) is 0.632. The molecule has 0 amide bonds. The van der Waals surface area contributed by atoms with Crippen LogP contribution < -0.4 is 0 Å². The van der Waals surface area contributed by atoms with E-state index in [9.17, 15) is 13.2 Å². The van der Waals surface area contributed by atoms with Crippen LogP contribution in [0.25, 0.3) is 11.3 Å². The highest BCUT2D eigenvalue weighted by atomic mass is 35.5. The Morgan fingerprint density at radius 1 is 1.00 bits per heavy atom. The first-order chi connectivity index (χ1) is 8.38. The van der Waals surface area contributed by atoms with E-state index in [1.54, 1.807) is 6.07 Å². The van der Waals surface area contributed by atoms with E-state index >= 15 is 0 Å². The van der Waals surface area contributed by atoms with Crippen molar-refractivity contribution >= 4 is 23.2 Å². The molecule has 0 saturated heterocycles. The van der Waals surface area contributed by atoms with Crippen LogP contribution in [0.2, 0.25) is 10.0 Å². The van der Waals surface area contributed by atoms with Gasteiger partial charge in [0.2, 0.25) is 0 Å². The zero-order valence-corrected chi connectivity index (χ0v) is 10.2. The van der Waals surface area contributed by atoms with Crippen LogP contribution in [0.3, 0.4) is 0 Å². The monoisotopic (exact) mass is 292 g/mol. The molecule has 18 heavy (non-hydrogen) atoms. The summed E-state index contributed by atoms with van der Waals surface area (Å²) in [4.78, 5) is 6.95. The molecular weight excluding hydrogens is 288 g/mol. The third-order valence-electron chi connectivity index (χ3n) is 2.16. The molecular formula is C11H5Cl2F3N2. The standard InChI is InChI=1S/C11H5Cl2F3N2/c12-6-1-2-8(13)7(3-6)9-4-10(11(14,15)16)18-5-17-9/h1-5H. The van der Waals surface area contributed by atoms with Gasteiger partial charge >= 0.3 is 6.18 Å².